The molecule has 0 aromatic heterocycles. The van der Waals surface area contributed by atoms with Crippen molar-refractivity contribution in [3.63, 3.8) is 0 Å². The first-order valence-corrected chi connectivity index (χ1v) is 7.67. The number of carbonyl (C=O) groups is 2. The first-order chi connectivity index (χ1) is 9.52. The van der Waals surface area contributed by atoms with Gasteiger partial charge in [0.05, 0.1) is 6.10 Å². The van der Waals surface area contributed by atoms with Gasteiger partial charge in [-0.05, 0) is 38.5 Å². The lowest BCUT2D eigenvalue weighted by molar-refractivity contribution is -0.137. The van der Waals surface area contributed by atoms with Crippen LogP contribution in [0.5, 0.6) is 0 Å². The first kappa shape index (κ1) is 17.0. The Bertz CT molecular complexity index is 319. The molecule has 0 radical (unpaired) electrons. The lowest BCUT2D eigenvalue weighted by atomic mass is 9.94. The van der Waals surface area contributed by atoms with Crippen molar-refractivity contribution in [1.82, 2.24) is 5.32 Å². The Balaban J connectivity index is 2.21. The summed E-state index contributed by atoms with van der Waals surface area (Å²) in [4.78, 5) is 22.5. The summed E-state index contributed by atoms with van der Waals surface area (Å²) in [5.74, 6) is -0.397. The van der Waals surface area contributed by atoms with Crippen molar-refractivity contribution < 1.29 is 19.4 Å². The summed E-state index contributed by atoms with van der Waals surface area (Å²) < 4.78 is 5.52. The molecule has 5 heteroatoms. The number of hydrogen-bond donors (Lipinski definition) is 2. The van der Waals surface area contributed by atoms with Gasteiger partial charge in [0.15, 0.2) is 0 Å². The largest absolute Gasteiger partial charge is 0.481 e. The van der Waals surface area contributed by atoms with E-state index in [0.717, 1.165) is 32.1 Å². The quantitative estimate of drug-likeness (QED) is 0.682. The van der Waals surface area contributed by atoms with E-state index < -0.39 is 5.97 Å². The van der Waals surface area contributed by atoms with Gasteiger partial charge >= 0.3 is 5.97 Å². The van der Waals surface area contributed by atoms with E-state index >= 15 is 0 Å². The molecule has 1 saturated heterocycles. The smallest absolute Gasteiger partial charge is 0.303 e. The Hall–Kier alpha value is -1.10. The standard InChI is InChI=1S/C15H27NO4/c1-3-4-12(6-8-14(17)18)9-10-16-15(19)13-7-5-11(2)20-13/h11-13H,3-10H2,1-2H3,(H,16,19)(H,17,18). The SMILES string of the molecule is CCCC(CCNC(=O)C1CCC(C)O1)CCC(=O)O. The predicted octanol–water partition coefficient (Wildman–Crippen LogP) is 2.34. The molecule has 1 aliphatic rings. The second kappa shape index (κ2) is 8.95. The number of carbonyl (C=O) groups excluding carboxylic acids is 1. The zero-order chi connectivity index (χ0) is 15.0. The number of carboxylic acids is 1. The predicted molar refractivity (Wildman–Crippen MR) is 76.5 cm³/mol. The topological polar surface area (TPSA) is 75.6 Å². The zero-order valence-electron chi connectivity index (χ0n) is 12.6. The number of carboxylic acid groups (broad SMARTS) is 1. The van der Waals surface area contributed by atoms with Crippen LogP contribution in [0.4, 0.5) is 0 Å². The van der Waals surface area contributed by atoms with Gasteiger partial charge in [-0.2, -0.15) is 0 Å². The average Bonchev–Trinajstić information content (AvgIpc) is 2.82. The number of aliphatic carboxylic acids is 1. The molecule has 1 rings (SSSR count). The van der Waals surface area contributed by atoms with Crippen molar-refractivity contribution >= 4 is 11.9 Å². The van der Waals surface area contributed by atoms with E-state index in [1.54, 1.807) is 0 Å². The molecular weight excluding hydrogens is 258 g/mol. The molecule has 1 amide bonds. The van der Waals surface area contributed by atoms with E-state index in [-0.39, 0.29) is 24.5 Å². The maximum Gasteiger partial charge on any atom is 0.303 e. The van der Waals surface area contributed by atoms with Crippen LogP contribution in [0.15, 0.2) is 0 Å². The molecule has 3 unspecified atom stereocenters. The maximum absolute atomic E-state index is 11.9. The Morgan fingerprint density at radius 3 is 2.60 bits per heavy atom. The van der Waals surface area contributed by atoms with Crippen LogP contribution in [-0.2, 0) is 14.3 Å². The van der Waals surface area contributed by atoms with Gasteiger partial charge in [-0.15, -0.1) is 0 Å². The Kier molecular flexibility index (Phi) is 7.59. The third-order valence-electron chi connectivity index (χ3n) is 3.84. The number of nitrogens with one attached hydrogen (secondary N) is 1. The molecule has 0 bridgehead atoms. The van der Waals surface area contributed by atoms with Crippen LogP contribution >= 0.6 is 0 Å². The third kappa shape index (κ3) is 6.37. The summed E-state index contributed by atoms with van der Waals surface area (Å²) in [6.07, 6.45) is 5.41. The molecule has 0 spiro atoms. The summed E-state index contributed by atoms with van der Waals surface area (Å²) in [6.45, 7) is 4.69. The van der Waals surface area contributed by atoms with E-state index in [1.165, 1.54) is 0 Å². The average molecular weight is 285 g/mol. The van der Waals surface area contributed by atoms with Crippen LogP contribution in [0.3, 0.4) is 0 Å². The summed E-state index contributed by atoms with van der Waals surface area (Å²) in [5.41, 5.74) is 0. The molecule has 0 aliphatic carbocycles. The van der Waals surface area contributed by atoms with Gasteiger partial charge in [-0.25, -0.2) is 0 Å². The van der Waals surface area contributed by atoms with Gasteiger partial charge in [0.1, 0.15) is 6.10 Å². The van der Waals surface area contributed by atoms with Crippen molar-refractivity contribution in [3.8, 4) is 0 Å². The van der Waals surface area contributed by atoms with E-state index in [9.17, 15) is 9.59 Å². The highest BCUT2D eigenvalue weighted by atomic mass is 16.5. The minimum atomic E-state index is -0.747. The third-order valence-corrected chi connectivity index (χ3v) is 3.84. The minimum absolute atomic E-state index is 0.0252. The highest BCUT2D eigenvalue weighted by Crippen LogP contribution is 2.20. The molecule has 0 aromatic rings. The number of ether oxygens (including phenoxy) is 1. The molecule has 0 aromatic carbocycles. The van der Waals surface area contributed by atoms with Crippen molar-refractivity contribution in [3.05, 3.63) is 0 Å². The van der Waals surface area contributed by atoms with Crippen molar-refractivity contribution in [2.24, 2.45) is 5.92 Å². The maximum atomic E-state index is 11.9. The summed E-state index contributed by atoms with van der Waals surface area (Å²) in [7, 11) is 0. The van der Waals surface area contributed by atoms with Crippen molar-refractivity contribution in [2.45, 2.75) is 71.0 Å². The van der Waals surface area contributed by atoms with Crippen LogP contribution in [0.1, 0.15) is 58.8 Å². The number of rotatable bonds is 9. The van der Waals surface area contributed by atoms with E-state index in [0.29, 0.717) is 18.9 Å². The first-order valence-electron chi connectivity index (χ1n) is 7.67. The monoisotopic (exact) mass is 285 g/mol. The van der Waals surface area contributed by atoms with E-state index in [4.69, 9.17) is 9.84 Å². The molecule has 20 heavy (non-hydrogen) atoms. The second-order valence-electron chi connectivity index (χ2n) is 5.68. The van der Waals surface area contributed by atoms with Crippen molar-refractivity contribution in [1.29, 1.82) is 0 Å². The lowest BCUT2D eigenvalue weighted by Crippen LogP contribution is -2.35. The molecule has 0 saturated carbocycles. The molecule has 1 heterocycles. The van der Waals surface area contributed by atoms with Gasteiger partial charge in [-0.3, -0.25) is 9.59 Å². The fraction of sp³-hybridized carbons (Fsp3) is 0.867. The fourth-order valence-electron chi connectivity index (χ4n) is 2.68. The normalized spacial score (nSPS) is 23.5. The van der Waals surface area contributed by atoms with Crippen LogP contribution in [0.25, 0.3) is 0 Å². The van der Waals surface area contributed by atoms with Crippen LogP contribution in [-0.4, -0.2) is 35.7 Å². The van der Waals surface area contributed by atoms with Crippen molar-refractivity contribution in [2.75, 3.05) is 6.54 Å². The molecule has 1 fully saturated rings. The van der Waals surface area contributed by atoms with Gasteiger partial charge in [0.2, 0.25) is 5.91 Å². The summed E-state index contributed by atoms with van der Waals surface area (Å²) in [6, 6.07) is 0. The number of amides is 1. The van der Waals surface area contributed by atoms with E-state index in [1.807, 2.05) is 6.92 Å². The number of hydrogen-bond acceptors (Lipinski definition) is 3. The minimum Gasteiger partial charge on any atom is -0.481 e. The zero-order valence-corrected chi connectivity index (χ0v) is 12.6. The van der Waals surface area contributed by atoms with Crippen LogP contribution in [0.2, 0.25) is 0 Å². The molecular formula is C15H27NO4. The molecule has 5 nitrogen and oxygen atoms in total. The summed E-state index contributed by atoms with van der Waals surface area (Å²) in [5, 5.41) is 11.6. The lowest BCUT2D eigenvalue weighted by Gasteiger charge is -2.17. The van der Waals surface area contributed by atoms with Crippen LogP contribution < -0.4 is 5.32 Å². The Morgan fingerprint density at radius 1 is 1.30 bits per heavy atom. The van der Waals surface area contributed by atoms with E-state index in [2.05, 4.69) is 12.2 Å². The Morgan fingerprint density at radius 2 is 2.05 bits per heavy atom. The molecule has 3 atom stereocenters. The molecule has 1 aliphatic heterocycles. The van der Waals surface area contributed by atoms with Crippen LogP contribution in [0, 0.1) is 5.92 Å². The summed E-state index contributed by atoms with van der Waals surface area (Å²) >= 11 is 0. The highest BCUT2D eigenvalue weighted by molar-refractivity contribution is 5.80. The molecule has 116 valence electrons. The van der Waals surface area contributed by atoms with Gasteiger partial charge in [-0.1, -0.05) is 19.8 Å². The second-order valence-corrected chi connectivity index (χ2v) is 5.68. The van der Waals surface area contributed by atoms with Gasteiger partial charge < -0.3 is 15.2 Å². The Labute approximate surface area is 121 Å². The van der Waals surface area contributed by atoms with Gasteiger partial charge in [0, 0.05) is 13.0 Å². The van der Waals surface area contributed by atoms with Gasteiger partial charge in [0.25, 0.3) is 0 Å². The molecule has 2 N–H and O–H groups in total. The fourth-order valence-corrected chi connectivity index (χ4v) is 2.68. The highest BCUT2D eigenvalue weighted by Gasteiger charge is 2.27.